The van der Waals surface area contributed by atoms with Crippen molar-refractivity contribution in [3.8, 4) is 11.5 Å². The van der Waals surface area contributed by atoms with E-state index in [9.17, 15) is 0 Å². The molecule has 1 aliphatic rings. The molecule has 1 N–H and O–H groups in total. The number of aryl methyl sites for hydroxylation is 1. The molecule has 2 aromatic rings. The minimum atomic E-state index is 0. The number of methoxy groups -OCH3 is 1. The topological polar surface area (TPSA) is 43.0 Å². The van der Waals surface area contributed by atoms with Crippen LogP contribution in [0.15, 0.2) is 42.5 Å². The van der Waals surface area contributed by atoms with Gasteiger partial charge in [0.2, 0.25) is 0 Å². The Balaban J connectivity index is 0.00000210. The van der Waals surface area contributed by atoms with Crippen LogP contribution >= 0.6 is 24.8 Å². The fourth-order valence-electron chi connectivity index (χ4n) is 3.20. The highest BCUT2D eigenvalue weighted by Gasteiger charge is 2.10. The summed E-state index contributed by atoms with van der Waals surface area (Å²) in [4.78, 5) is 2.43. The number of nitrogens with zero attached hydrogens (tertiary/aromatic N) is 1. The molecule has 29 heavy (non-hydrogen) atoms. The molecule has 0 bridgehead atoms. The largest absolute Gasteiger partial charge is 0.493 e. The Bertz CT molecular complexity index is 725. The third kappa shape index (κ3) is 8.41. The van der Waals surface area contributed by atoms with Crippen LogP contribution in [0, 0.1) is 6.92 Å². The molecule has 0 aliphatic carbocycles. The van der Waals surface area contributed by atoms with Gasteiger partial charge in [0.05, 0.1) is 20.3 Å². The smallest absolute Gasteiger partial charge is 0.161 e. The average Bonchev–Trinajstić information content (AvgIpc) is 2.71. The van der Waals surface area contributed by atoms with Crippen molar-refractivity contribution in [1.29, 1.82) is 0 Å². The van der Waals surface area contributed by atoms with Crippen molar-refractivity contribution < 1.29 is 14.2 Å². The Morgan fingerprint density at radius 2 is 1.79 bits per heavy atom. The highest BCUT2D eigenvalue weighted by Crippen LogP contribution is 2.29. The maximum absolute atomic E-state index is 5.97. The second-order valence-corrected chi connectivity index (χ2v) is 6.89. The van der Waals surface area contributed by atoms with E-state index in [-0.39, 0.29) is 24.8 Å². The van der Waals surface area contributed by atoms with E-state index in [2.05, 4.69) is 47.5 Å². The number of halogens is 2. The maximum atomic E-state index is 5.97. The highest BCUT2D eigenvalue weighted by molar-refractivity contribution is 5.85. The van der Waals surface area contributed by atoms with Crippen LogP contribution in [0.25, 0.3) is 0 Å². The summed E-state index contributed by atoms with van der Waals surface area (Å²) in [6, 6.07) is 14.5. The number of rotatable bonds is 9. The van der Waals surface area contributed by atoms with Crippen LogP contribution in [0.2, 0.25) is 0 Å². The predicted octanol–water partition coefficient (Wildman–Crippen LogP) is 3.85. The van der Waals surface area contributed by atoms with Crippen LogP contribution in [0.1, 0.15) is 16.7 Å². The lowest BCUT2D eigenvalue weighted by atomic mass is 10.1. The Hall–Kier alpha value is -1.50. The summed E-state index contributed by atoms with van der Waals surface area (Å²) in [7, 11) is 1.69. The standard InChI is InChI=1S/C22H30N2O3.2ClH/c1-18-4-3-5-20(14-18)17-27-21-7-6-19(15-22(21)25-2)16-23-8-9-24-10-12-26-13-11-24;;/h3-7,14-15,23H,8-13,16-17H2,1-2H3;2*1H. The Morgan fingerprint density at radius 1 is 1.00 bits per heavy atom. The molecule has 1 fully saturated rings. The van der Waals surface area contributed by atoms with Gasteiger partial charge in [-0.05, 0) is 30.2 Å². The van der Waals surface area contributed by atoms with E-state index in [1.165, 1.54) is 11.1 Å². The molecule has 0 spiro atoms. The molecular formula is C22H32Cl2N2O3. The maximum Gasteiger partial charge on any atom is 0.161 e. The first-order valence-corrected chi connectivity index (χ1v) is 9.60. The summed E-state index contributed by atoms with van der Waals surface area (Å²) in [5.74, 6) is 1.55. The Kier molecular flexibility index (Phi) is 12.0. The van der Waals surface area contributed by atoms with E-state index in [1.54, 1.807) is 7.11 Å². The lowest BCUT2D eigenvalue weighted by molar-refractivity contribution is 0.0384. The summed E-state index contributed by atoms with van der Waals surface area (Å²) in [5, 5.41) is 3.50. The van der Waals surface area contributed by atoms with Gasteiger partial charge in [0.25, 0.3) is 0 Å². The van der Waals surface area contributed by atoms with Crippen LogP contribution in [-0.4, -0.2) is 51.4 Å². The van der Waals surface area contributed by atoms with Crippen LogP contribution in [-0.2, 0) is 17.9 Å². The number of morpholine rings is 1. The molecule has 0 amide bonds. The molecule has 0 radical (unpaired) electrons. The zero-order valence-corrected chi connectivity index (χ0v) is 18.8. The normalized spacial score (nSPS) is 13.9. The van der Waals surface area contributed by atoms with Crippen molar-refractivity contribution in [2.45, 2.75) is 20.1 Å². The number of benzene rings is 2. The molecule has 1 heterocycles. The minimum absolute atomic E-state index is 0. The number of ether oxygens (including phenoxy) is 3. The molecule has 1 saturated heterocycles. The zero-order valence-electron chi connectivity index (χ0n) is 17.2. The predicted molar refractivity (Wildman–Crippen MR) is 122 cm³/mol. The van der Waals surface area contributed by atoms with Crippen molar-refractivity contribution in [2.24, 2.45) is 0 Å². The van der Waals surface area contributed by atoms with Crippen molar-refractivity contribution in [1.82, 2.24) is 10.2 Å². The van der Waals surface area contributed by atoms with Crippen molar-refractivity contribution in [2.75, 3.05) is 46.5 Å². The molecule has 0 aromatic heterocycles. The van der Waals surface area contributed by atoms with Gasteiger partial charge in [-0.1, -0.05) is 35.9 Å². The monoisotopic (exact) mass is 442 g/mol. The summed E-state index contributed by atoms with van der Waals surface area (Å²) >= 11 is 0. The van der Waals surface area contributed by atoms with Gasteiger partial charge in [-0.2, -0.15) is 0 Å². The van der Waals surface area contributed by atoms with Gasteiger partial charge in [-0.25, -0.2) is 0 Å². The number of hydrogen-bond donors (Lipinski definition) is 1. The van der Waals surface area contributed by atoms with Gasteiger partial charge < -0.3 is 19.5 Å². The molecule has 2 aromatic carbocycles. The zero-order chi connectivity index (χ0) is 18.9. The number of hydrogen-bond acceptors (Lipinski definition) is 5. The van der Waals surface area contributed by atoms with Crippen LogP contribution < -0.4 is 14.8 Å². The molecule has 0 unspecified atom stereocenters. The lowest BCUT2D eigenvalue weighted by Gasteiger charge is -2.26. The summed E-state index contributed by atoms with van der Waals surface area (Å²) in [6.07, 6.45) is 0. The lowest BCUT2D eigenvalue weighted by Crippen LogP contribution is -2.40. The van der Waals surface area contributed by atoms with Gasteiger partial charge in [-0.15, -0.1) is 24.8 Å². The van der Waals surface area contributed by atoms with Crippen molar-refractivity contribution >= 4 is 24.8 Å². The van der Waals surface area contributed by atoms with Crippen LogP contribution in [0.3, 0.4) is 0 Å². The van der Waals surface area contributed by atoms with Gasteiger partial charge in [0, 0.05) is 32.7 Å². The van der Waals surface area contributed by atoms with Gasteiger partial charge >= 0.3 is 0 Å². The van der Waals surface area contributed by atoms with E-state index < -0.39 is 0 Å². The molecule has 7 heteroatoms. The third-order valence-electron chi connectivity index (χ3n) is 4.74. The number of nitrogens with one attached hydrogen (secondary N) is 1. The molecule has 0 atom stereocenters. The average molecular weight is 443 g/mol. The van der Waals surface area contributed by atoms with Gasteiger partial charge in [0.15, 0.2) is 11.5 Å². The third-order valence-corrected chi connectivity index (χ3v) is 4.74. The molecule has 5 nitrogen and oxygen atoms in total. The fourth-order valence-corrected chi connectivity index (χ4v) is 3.20. The second kappa shape index (κ2) is 13.7. The first-order chi connectivity index (χ1) is 13.2. The first kappa shape index (κ1) is 25.5. The van der Waals surface area contributed by atoms with E-state index in [1.807, 2.05) is 12.1 Å². The quantitative estimate of drug-likeness (QED) is 0.597. The first-order valence-electron chi connectivity index (χ1n) is 9.60. The summed E-state index contributed by atoms with van der Waals surface area (Å²) < 4.78 is 16.9. The molecule has 1 aliphatic heterocycles. The Labute approximate surface area is 186 Å². The molecule has 162 valence electrons. The van der Waals surface area contributed by atoms with Crippen LogP contribution in [0.4, 0.5) is 0 Å². The van der Waals surface area contributed by atoms with E-state index >= 15 is 0 Å². The second-order valence-electron chi connectivity index (χ2n) is 6.89. The van der Waals surface area contributed by atoms with Crippen molar-refractivity contribution in [3.63, 3.8) is 0 Å². The van der Waals surface area contributed by atoms with Gasteiger partial charge in [-0.3, -0.25) is 4.90 Å². The molecule has 3 rings (SSSR count). The van der Waals surface area contributed by atoms with Crippen LogP contribution in [0.5, 0.6) is 11.5 Å². The SMILES string of the molecule is COc1cc(CNCCN2CCOCC2)ccc1OCc1cccc(C)c1.Cl.Cl. The summed E-state index contributed by atoms with van der Waals surface area (Å²) in [5.41, 5.74) is 3.59. The molecule has 0 saturated carbocycles. The summed E-state index contributed by atoms with van der Waals surface area (Å²) in [6.45, 7) is 9.22. The highest BCUT2D eigenvalue weighted by atomic mass is 35.5. The molecular weight excluding hydrogens is 411 g/mol. The minimum Gasteiger partial charge on any atom is -0.493 e. The van der Waals surface area contributed by atoms with E-state index in [0.717, 1.165) is 63.0 Å². The van der Waals surface area contributed by atoms with Crippen molar-refractivity contribution in [3.05, 3.63) is 59.2 Å². The van der Waals surface area contributed by atoms with Gasteiger partial charge in [0.1, 0.15) is 6.61 Å². The fraction of sp³-hybridized carbons (Fsp3) is 0.455. The van der Waals surface area contributed by atoms with E-state index in [4.69, 9.17) is 14.2 Å². The van der Waals surface area contributed by atoms with E-state index in [0.29, 0.717) is 6.61 Å². The Morgan fingerprint density at radius 3 is 2.52 bits per heavy atom.